The summed E-state index contributed by atoms with van der Waals surface area (Å²) in [6, 6.07) is 7.44. The van der Waals surface area contributed by atoms with Crippen LogP contribution in [0.25, 0.3) is 0 Å². The number of carbonyl (C=O) groups excluding carboxylic acids is 2. The summed E-state index contributed by atoms with van der Waals surface area (Å²) < 4.78 is 10.2. The number of phenolic OH excluding ortho intramolecular Hbond substituents is 4. The minimum absolute atomic E-state index is 0.129. The van der Waals surface area contributed by atoms with Crippen LogP contribution in [0.3, 0.4) is 0 Å². The summed E-state index contributed by atoms with van der Waals surface area (Å²) >= 11 is 0. The highest BCUT2D eigenvalue weighted by Gasteiger charge is 2.08. The standard InChI is InChI=1S/C25H32O8/c26-18-12-19(27)15-22(14-18)32-24(30)10-8-6-4-2-1-3-5-7-9-11-25(31)33-23-16-20(28)13-21(29)17-23/h12-17,26-29H,1-11H2. The molecule has 0 atom stereocenters. The Hall–Kier alpha value is -3.42. The van der Waals surface area contributed by atoms with E-state index in [4.69, 9.17) is 9.47 Å². The van der Waals surface area contributed by atoms with Crippen molar-refractivity contribution in [3.05, 3.63) is 36.4 Å². The van der Waals surface area contributed by atoms with Crippen molar-refractivity contribution < 1.29 is 39.5 Å². The summed E-state index contributed by atoms with van der Waals surface area (Å²) in [6.07, 6.45) is 9.20. The van der Waals surface area contributed by atoms with E-state index in [0.717, 1.165) is 69.9 Å². The maximum atomic E-state index is 11.8. The van der Waals surface area contributed by atoms with E-state index >= 15 is 0 Å². The predicted octanol–water partition coefficient (Wildman–Crippen LogP) is 5.31. The van der Waals surface area contributed by atoms with Gasteiger partial charge in [-0.05, 0) is 12.8 Å². The van der Waals surface area contributed by atoms with Gasteiger partial charge in [0.2, 0.25) is 0 Å². The number of esters is 2. The van der Waals surface area contributed by atoms with Gasteiger partial charge in [-0.2, -0.15) is 0 Å². The summed E-state index contributed by atoms with van der Waals surface area (Å²) in [5.41, 5.74) is 0. The van der Waals surface area contributed by atoms with E-state index in [1.54, 1.807) is 0 Å². The number of unbranched alkanes of at least 4 members (excludes halogenated alkanes) is 8. The first-order chi connectivity index (χ1) is 15.8. The quantitative estimate of drug-likeness (QED) is 0.169. The van der Waals surface area contributed by atoms with Crippen molar-refractivity contribution in [3.8, 4) is 34.5 Å². The second-order valence-corrected chi connectivity index (χ2v) is 8.00. The van der Waals surface area contributed by atoms with E-state index in [2.05, 4.69) is 0 Å². The fraction of sp³-hybridized carbons (Fsp3) is 0.440. The molecule has 0 aliphatic heterocycles. The van der Waals surface area contributed by atoms with E-state index in [1.807, 2.05) is 0 Å². The number of carbonyl (C=O) groups is 2. The van der Waals surface area contributed by atoms with E-state index in [9.17, 15) is 30.0 Å². The van der Waals surface area contributed by atoms with Gasteiger partial charge in [-0.3, -0.25) is 9.59 Å². The number of phenols is 4. The van der Waals surface area contributed by atoms with Crippen LogP contribution in [0.5, 0.6) is 34.5 Å². The topological polar surface area (TPSA) is 134 Å². The molecule has 0 spiro atoms. The van der Waals surface area contributed by atoms with Crippen molar-refractivity contribution in [2.24, 2.45) is 0 Å². The zero-order chi connectivity index (χ0) is 24.1. The molecule has 0 saturated carbocycles. The minimum Gasteiger partial charge on any atom is -0.508 e. The highest BCUT2D eigenvalue weighted by atomic mass is 16.5. The SMILES string of the molecule is O=C(CCCCCCCCCCCC(=O)Oc1cc(O)cc(O)c1)Oc1cc(O)cc(O)c1. The van der Waals surface area contributed by atoms with E-state index in [-0.39, 0.29) is 59.3 Å². The van der Waals surface area contributed by atoms with Gasteiger partial charge in [0, 0.05) is 49.2 Å². The van der Waals surface area contributed by atoms with E-state index in [0.29, 0.717) is 0 Å². The van der Waals surface area contributed by atoms with Gasteiger partial charge in [0.1, 0.15) is 34.5 Å². The maximum Gasteiger partial charge on any atom is 0.311 e. The van der Waals surface area contributed by atoms with Gasteiger partial charge >= 0.3 is 11.9 Å². The summed E-state index contributed by atoms with van der Waals surface area (Å²) in [4.78, 5) is 23.6. The van der Waals surface area contributed by atoms with Crippen LogP contribution in [-0.2, 0) is 9.59 Å². The molecule has 0 aliphatic rings. The molecule has 0 aliphatic carbocycles. The van der Waals surface area contributed by atoms with Crippen molar-refractivity contribution in [1.82, 2.24) is 0 Å². The molecule has 2 aromatic carbocycles. The summed E-state index contributed by atoms with van der Waals surface area (Å²) in [5.74, 6) is -1.16. The van der Waals surface area contributed by atoms with Crippen molar-refractivity contribution in [3.63, 3.8) is 0 Å². The molecule has 8 nitrogen and oxygen atoms in total. The zero-order valence-electron chi connectivity index (χ0n) is 18.7. The molecular weight excluding hydrogens is 428 g/mol. The molecule has 0 saturated heterocycles. The highest BCUT2D eigenvalue weighted by Crippen LogP contribution is 2.27. The van der Waals surface area contributed by atoms with Crippen LogP contribution in [0.4, 0.5) is 0 Å². The second-order valence-electron chi connectivity index (χ2n) is 8.00. The first kappa shape index (κ1) is 25.8. The number of aromatic hydroxyl groups is 4. The lowest BCUT2D eigenvalue weighted by atomic mass is 10.1. The Kier molecular flexibility index (Phi) is 10.9. The molecule has 180 valence electrons. The Morgan fingerprint density at radius 3 is 1.06 bits per heavy atom. The smallest absolute Gasteiger partial charge is 0.311 e. The normalized spacial score (nSPS) is 10.7. The van der Waals surface area contributed by atoms with E-state index < -0.39 is 0 Å². The Morgan fingerprint density at radius 1 is 0.485 bits per heavy atom. The van der Waals surface area contributed by atoms with Crippen molar-refractivity contribution in [2.75, 3.05) is 0 Å². The first-order valence-electron chi connectivity index (χ1n) is 11.3. The van der Waals surface area contributed by atoms with Gasteiger partial charge in [-0.1, -0.05) is 44.9 Å². The Morgan fingerprint density at radius 2 is 0.758 bits per heavy atom. The monoisotopic (exact) mass is 460 g/mol. The minimum atomic E-state index is -0.389. The molecule has 0 aromatic heterocycles. The molecule has 2 aromatic rings. The van der Waals surface area contributed by atoms with Crippen molar-refractivity contribution in [1.29, 1.82) is 0 Å². The average Bonchev–Trinajstić information content (AvgIpc) is 2.70. The van der Waals surface area contributed by atoms with Gasteiger partial charge in [-0.25, -0.2) is 0 Å². The fourth-order valence-electron chi connectivity index (χ4n) is 3.39. The lowest BCUT2D eigenvalue weighted by Gasteiger charge is -2.06. The third kappa shape index (κ3) is 11.1. The molecular formula is C25H32O8. The largest absolute Gasteiger partial charge is 0.508 e. The number of benzene rings is 2. The van der Waals surface area contributed by atoms with Crippen LogP contribution in [0.2, 0.25) is 0 Å². The molecule has 0 heterocycles. The lowest BCUT2D eigenvalue weighted by Crippen LogP contribution is -2.07. The number of hydrogen-bond donors (Lipinski definition) is 4. The van der Waals surface area contributed by atoms with Gasteiger partial charge in [0.25, 0.3) is 0 Å². The lowest BCUT2D eigenvalue weighted by molar-refractivity contribution is -0.135. The maximum absolute atomic E-state index is 11.8. The van der Waals surface area contributed by atoms with Crippen LogP contribution in [-0.4, -0.2) is 32.4 Å². The van der Waals surface area contributed by atoms with Gasteiger partial charge in [0.05, 0.1) is 0 Å². The molecule has 0 radical (unpaired) electrons. The van der Waals surface area contributed by atoms with Crippen LogP contribution in [0.1, 0.15) is 70.6 Å². The Balaban J connectivity index is 1.42. The molecule has 0 unspecified atom stereocenters. The molecule has 33 heavy (non-hydrogen) atoms. The summed E-state index contributed by atoms with van der Waals surface area (Å²) in [5, 5.41) is 37.5. The van der Waals surface area contributed by atoms with Crippen molar-refractivity contribution >= 4 is 11.9 Å². The first-order valence-corrected chi connectivity index (χ1v) is 11.3. The summed E-state index contributed by atoms with van der Waals surface area (Å²) in [6.45, 7) is 0. The van der Waals surface area contributed by atoms with Crippen LogP contribution < -0.4 is 9.47 Å². The van der Waals surface area contributed by atoms with Crippen LogP contribution in [0, 0.1) is 0 Å². The molecule has 0 fully saturated rings. The van der Waals surface area contributed by atoms with Gasteiger partial charge in [-0.15, -0.1) is 0 Å². The van der Waals surface area contributed by atoms with Crippen LogP contribution in [0.15, 0.2) is 36.4 Å². The Labute approximate surface area is 193 Å². The third-order valence-electron chi connectivity index (χ3n) is 4.98. The molecule has 2 rings (SSSR count). The second kappa shape index (κ2) is 13.9. The van der Waals surface area contributed by atoms with Gasteiger partial charge < -0.3 is 29.9 Å². The average molecular weight is 461 g/mol. The van der Waals surface area contributed by atoms with Crippen molar-refractivity contribution in [2.45, 2.75) is 70.6 Å². The van der Waals surface area contributed by atoms with E-state index in [1.165, 1.54) is 24.3 Å². The molecule has 8 heteroatoms. The number of rotatable bonds is 14. The molecule has 4 N–H and O–H groups in total. The summed E-state index contributed by atoms with van der Waals surface area (Å²) in [7, 11) is 0. The molecule has 0 bridgehead atoms. The molecule has 0 amide bonds. The third-order valence-corrected chi connectivity index (χ3v) is 4.98. The number of hydrogen-bond acceptors (Lipinski definition) is 8. The highest BCUT2D eigenvalue weighted by molar-refractivity contribution is 5.73. The van der Waals surface area contributed by atoms with Crippen LogP contribution >= 0.6 is 0 Å². The number of ether oxygens (including phenoxy) is 2. The predicted molar refractivity (Wildman–Crippen MR) is 122 cm³/mol. The van der Waals surface area contributed by atoms with Gasteiger partial charge in [0.15, 0.2) is 0 Å². The fourth-order valence-corrected chi connectivity index (χ4v) is 3.39. The zero-order valence-corrected chi connectivity index (χ0v) is 18.7. The Bertz CT molecular complexity index is 795.